The number of carbonyl (C=O) groups is 1. The number of pyridine rings is 1. The molecule has 1 aliphatic heterocycles. The molecule has 10 nitrogen and oxygen atoms in total. The molecule has 0 radical (unpaired) electrons. The van der Waals surface area contributed by atoms with Crippen LogP contribution in [0, 0.1) is 0 Å². The SMILES string of the molecule is CNc1cc2nn3c(cnc13)C(=O)[NH][Al]([CH3])[CH2]OCc1cnc(OC)c(c1)N2. The lowest BCUT2D eigenvalue weighted by Crippen LogP contribution is -2.40. The summed E-state index contributed by atoms with van der Waals surface area (Å²) in [5, 5.41) is 10.9. The van der Waals surface area contributed by atoms with Gasteiger partial charge in [0.05, 0.1) is 25.6 Å². The minimum absolute atomic E-state index is 0.211. The second-order valence-electron chi connectivity index (χ2n) is 6.49. The molecule has 1 aliphatic rings. The van der Waals surface area contributed by atoms with Gasteiger partial charge in [-0.1, -0.05) is 5.79 Å². The van der Waals surface area contributed by atoms with Crippen molar-refractivity contribution in [1.29, 1.82) is 0 Å². The lowest BCUT2D eigenvalue weighted by molar-refractivity contribution is 0.0967. The van der Waals surface area contributed by atoms with Crippen molar-refractivity contribution in [1.82, 2.24) is 23.9 Å². The number of aromatic nitrogens is 4. The van der Waals surface area contributed by atoms with Crippen molar-refractivity contribution in [3.63, 3.8) is 0 Å². The summed E-state index contributed by atoms with van der Waals surface area (Å²) < 4.78 is 15.7. The molecule has 0 saturated carbocycles. The fourth-order valence-corrected chi connectivity index (χ4v) is 4.18. The van der Waals surface area contributed by atoms with Gasteiger partial charge in [-0.15, -0.1) is 5.10 Å². The zero-order valence-corrected chi connectivity index (χ0v) is 17.0. The van der Waals surface area contributed by atoms with Gasteiger partial charge in [-0.3, -0.25) is 4.79 Å². The van der Waals surface area contributed by atoms with Crippen LogP contribution in [-0.2, 0) is 11.3 Å². The van der Waals surface area contributed by atoms with Crippen LogP contribution in [0.5, 0.6) is 5.88 Å². The molecule has 3 aromatic heterocycles. The molecule has 0 unspecified atom stereocenters. The van der Waals surface area contributed by atoms with Crippen LogP contribution >= 0.6 is 0 Å². The Morgan fingerprint density at radius 2 is 2.18 bits per heavy atom. The maximum absolute atomic E-state index is 12.7. The minimum Gasteiger partial charge on any atom is -0.480 e. The van der Waals surface area contributed by atoms with E-state index in [1.807, 2.05) is 17.9 Å². The molecule has 0 atom stereocenters. The van der Waals surface area contributed by atoms with Crippen LogP contribution in [0.2, 0.25) is 5.79 Å². The number of nitrogens with zero attached hydrogens (tertiary/aromatic N) is 4. The van der Waals surface area contributed by atoms with Crippen molar-refractivity contribution in [2.75, 3.05) is 30.3 Å². The van der Waals surface area contributed by atoms with Crippen LogP contribution in [0.4, 0.5) is 17.2 Å². The zero-order chi connectivity index (χ0) is 19.7. The van der Waals surface area contributed by atoms with E-state index in [2.05, 4.69) is 30.0 Å². The van der Waals surface area contributed by atoms with Gasteiger partial charge in [-0.25, -0.2) is 14.5 Å². The molecule has 1 amide bonds. The topological polar surface area (TPSA) is 115 Å². The van der Waals surface area contributed by atoms with Crippen molar-refractivity contribution >= 4 is 43.1 Å². The molecular formula is C17H20AlN7O3. The Morgan fingerprint density at radius 3 is 2.96 bits per heavy atom. The van der Waals surface area contributed by atoms with Crippen molar-refractivity contribution in [2.24, 2.45) is 0 Å². The molecule has 4 rings (SSSR count). The molecule has 0 saturated heterocycles. The number of ether oxygens (including phenoxy) is 2. The minimum atomic E-state index is -1.63. The summed E-state index contributed by atoms with van der Waals surface area (Å²) in [4.78, 5) is 21.4. The molecule has 0 aliphatic carbocycles. The largest absolute Gasteiger partial charge is 0.480 e. The van der Waals surface area contributed by atoms with E-state index in [9.17, 15) is 4.79 Å². The number of anilines is 3. The Hall–Kier alpha value is -2.87. The summed E-state index contributed by atoms with van der Waals surface area (Å²) in [6.45, 7) is 0.394. The van der Waals surface area contributed by atoms with Crippen LogP contribution in [0.15, 0.2) is 24.5 Å². The molecule has 28 heavy (non-hydrogen) atoms. The van der Waals surface area contributed by atoms with Crippen LogP contribution in [0.3, 0.4) is 0 Å². The number of carbonyl (C=O) groups excluding carboxylic acids is 1. The first-order chi connectivity index (χ1) is 13.6. The highest BCUT2D eigenvalue weighted by Crippen LogP contribution is 2.28. The Kier molecular flexibility index (Phi) is 5.04. The van der Waals surface area contributed by atoms with Crippen LogP contribution in [0.25, 0.3) is 5.65 Å². The van der Waals surface area contributed by atoms with Crippen LogP contribution < -0.4 is 19.7 Å². The maximum atomic E-state index is 12.7. The highest BCUT2D eigenvalue weighted by atomic mass is 27.2. The monoisotopic (exact) mass is 397 g/mol. The quantitative estimate of drug-likeness (QED) is 0.555. The fourth-order valence-electron chi connectivity index (χ4n) is 3.03. The lowest BCUT2D eigenvalue weighted by atomic mass is 10.2. The molecule has 11 heteroatoms. The molecule has 4 bridgehead atoms. The van der Waals surface area contributed by atoms with Crippen molar-refractivity contribution in [3.05, 3.63) is 35.8 Å². The Morgan fingerprint density at radius 1 is 1.32 bits per heavy atom. The van der Waals surface area contributed by atoms with Gasteiger partial charge in [0.15, 0.2) is 11.5 Å². The van der Waals surface area contributed by atoms with Crippen molar-refractivity contribution < 1.29 is 14.3 Å². The average Bonchev–Trinajstić information content (AvgIpc) is 3.11. The predicted octanol–water partition coefficient (Wildman–Crippen LogP) is 1.34. The van der Waals surface area contributed by atoms with Crippen molar-refractivity contribution in [2.45, 2.75) is 12.4 Å². The van der Waals surface area contributed by atoms with Gasteiger partial charge >= 0.3 is 14.4 Å². The first kappa shape index (κ1) is 18.5. The number of nitrogens with one attached hydrogen (secondary N) is 3. The second kappa shape index (κ2) is 7.63. The molecule has 3 aromatic rings. The summed E-state index contributed by atoms with van der Waals surface area (Å²) in [5.74, 6) is 2.76. The van der Waals surface area contributed by atoms with E-state index in [-0.39, 0.29) is 5.91 Å². The van der Waals surface area contributed by atoms with E-state index < -0.39 is 14.4 Å². The maximum Gasteiger partial charge on any atom is 0.439 e. The fraction of sp³-hybridized carbons (Fsp3) is 0.294. The molecule has 0 aromatic carbocycles. The Balaban J connectivity index is 1.88. The highest BCUT2D eigenvalue weighted by Gasteiger charge is 2.22. The summed E-state index contributed by atoms with van der Waals surface area (Å²) in [5.41, 5.74) is 3.72. The average molecular weight is 397 g/mol. The van der Waals surface area contributed by atoms with E-state index in [0.717, 1.165) is 11.3 Å². The summed E-state index contributed by atoms with van der Waals surface area (Å²) in [7, 11) is 3.35. The standard InChI is InChI=1S/C16H18N7O3.CH3.Al/c1-18-10-5-13(22-23-12(14(17)24)7-19-15(10)23)21-11-4-9(8-25-2)6-20-16(11)26-3;;/h4-7H,2,8H2,1,3H3,(H4,17,18,21,22,24);1H3;/q;;+1/p-1. The Bertz CT molecular complexity index is 1040. The van der Waals surface area contributed by atoms with Gasteiger partial charge in [0.2, 0.25) is 11.8 Å². The highest BCUT2D eigenvalue weighted by molar-refractivity contribution is 6.57. The molecule has 144 valence electrons. The first-order valence-corrected chi connectivity index (χ1v) is 11.4. The normalized spacial score (nSPS) is 14.4. The molecule has 4 heterocycles. The Labute approximate surface area is 165 Å². The van der Waals surface area contributed by atoms with E-state index in [1.54, 1.807) is 20.4 Å². The molecule has 3 N–H and O–H groups in total. The summed E-state index contributed by atoms with van der Waals surface area (Å²) >= 11 is -1.63. The predicted molar refractivity (Wildman–Crippen MR) is 105 cm³/mol. The number of hydrogen-bond acceptors (Lipinski definition) is 8. The second-order valence-corrected chi connectivity index (χ2v) is 8.91. The van der Waals surface area contributed by atoms with E-state index >= 15 is 0 Å². The molecular weight excluding hydrogens is 377 g/mol. The smallest absolute Gasteiger partial charge is 0.439 e. The van der Waals surface area contributed by atoms with Gasteiger partial charge in [0, 0.05) is 24.8 Å². The van der Waals surface area contributed by atoms with Gasteiger partial charge < -0.3 is 24.4 Å². The number of imidazole rings is 1. The third-order valence-corrected chi connectivity index (χ3v) is 5.84. The number of hydrogen-bond donors (Lipinski definition) is 3. The van der Waals surface area contributed by atoms with Gasteiger partial charge in [0.25, 0.3) is 0 Å². The number of fused-ring (bicyclic) bond motifs is 3. The first-order valence-electron chi connectivity index (χ1n) is 8.84. The van der Waals surface area contributed by atoms with Gasteiger partial charge in [-0.2, -0.15) is 0 Å². The number of rotatable bonds is 2. The summed E-state index contributed by atoms with van der Waals surface area (Å²) in [6.07, 6.45) is 3.24. The van der Waals surface area contributed by atoms with Crippen LogP contribution in [0.1, 0.15) is 16.1 Å². The number of amides is 1. The van der Waals surface area contributed by atoms with E-state index in [0.29, 0.717) is 40.8 Å². The van der Waals surface area contributed by atoms with Crippen molar-refractivity contribution in [3.8, 4) is 5.88 Å². The van der Waals surface area contributed by atoms with E-state index in [4.69, 9.17) is 9.47 Å². The third-order valence-electron chi connectivity index (χ3n) is 4.35. The van der Waals surface area contributed by atoms with E-state index in [1.165, 1.54) is 10.7 Å². The van der Waals surface area contributed by atoms with Crippen LogP contribution in [-0.4, -0.2) is 59.5 Å². The molecule has 0 fully saturated rings. The number of methoxy groups -OCH3 is 1. The van der Waals surface area contributed by atoms with Gasteiger partial charge in [0.1, 0.15) is 11.4 Å². The summed E-state index contributed by atoms with van der Waals surface area (Å²) in [6, 6.07) is 3.73. The lowest BCUT2D eigenvalue weighted by Gasteiger charge is -2.15. The zero-order valence-electron chi connectivity index (χ0n) is 15.8. The van der Waals surface area contributed by atoms with Gasteiger partial charge in [-0.05, 0) is 11.6 Å². The third kappa shape index (κ3) is 3.47. The molecule has 0 spiro atoms.